The second-order valence-electron chi connectivity index (χ2n) is 6.20. The molecule has 2 bridgehead atoms. The molecule has 0 amide bonds. The highest BCUT2D eigenvalue weighted by Gasteiger charge is 2.33. The van der Waals surface area contributed by atoms with Crippen molar-refractivity contribution in [3.05, 3.63) is 35.4 Å². The van der Waals surface area contributed by atoms with Gasteiger partial charge in [0.1, 0.15) is 0 Å². The third-order valence-corrected chi connectivity index (χ3v) is 4.77. The topological polar surface area (TPSA) is 24.5 Å². The maximum absolute atomic E-state index is 5.91. The zero-order valence-electron chi connectivity index (χ0n) is 12.6. The number of hydrogen-bond acceptors (Lipinski definition) is 3. The first kappa shape index (κ1) is 14.1. The number of nitrogens with zero attached hydrogens (tertiary/aromatic N) is 1. The lowest BCUT2D eigenvalue weighted by Crippen LogP contribution is -2.43. The Morgan fingerprint density at radius 1 is 1.25 bits per heavy atom. The molecule has 20 heavy (non-hydrogen) atoms. The predicted molar refractivity (Wildman–Crippen MR) is 81.9 cm³/mol. The summed E-state index contributed by atoms with van der Waals surface area (Å²) in [7, 11) is 2.07. The maximum atomic E-state index is 5.91. The monoisotopic (exact) mass is 274 g/mol. The number of ether oxygens (including phenoxy) is 1. The van der Waals surface area contributed by atoms with Crippen molar-refractivity contribution in [3.63, 3.8) is 0 Å². The SMILES string of the molecule is CNC(CCN1CC2CCC(C1)O2)c1ccccc1C. The van der Waals surface area contributed by atoms with E-state index in [1.807, 2.05) is 0 Å². The van der Waals surface area contributed by atoms with Crippen molar-refractivity contribution in [2.45, 2.75) is 44.4 Å². The Kier molecular flexibility index (Phi) is 4.39. The van der Waals surface area contributed by atoms with Crippen LogP contribution in [0.2, 0.25) is 0 Å². The van der Waals surface area contributed by atoms with E-state index >= 15 is 0 Å². The largest absolute Gasteiger partial charge is 0.372 e. The van der Waals surface area contributed by atoms with Crippen molar-refractivity contribution in [2.24, 2.45) is 0 Å². The Morgan fingerprint density at radius 3 is 2.60 bits per heavy atom. The molecule has 2 fully saturated rings. The highest BCUT2D eigenvalue weighted by molar-refractivity contribution is 5.28. The third kappa shape index (κ3) is 3.05. The smallest absolute Gasteiger partial charge is 0.0707 e. The fraction of sp³-hybridized carbons (Fsp3) is 0.647. The zero-order chi connectivity index (χ0) is 13.9. The second-order valence-corrected chi connectivity index (χ2v) is 6.20. The van der Waals surface area contributed by atoms with Crippen molar-refractivity contribution in [2.75, 3.05) is 26.7 Å². The van der Waals surface area contributed by atoms with E-state index < -0.39 is 0 Å². The van der Waals surface area contributed by atoms with Crippen LogP contribution >= 0.6 is 0 Å². The van der Waals surface area contributed by atoms with Gasteiger partial charge in [-0.3, -0.25) is 4.90 Å². The summed E-state index contributed by atoms with van der Waals surface area (Å²) in [4.78, 5) is 2.59. The molecule has 2 aliphatic heterocycles. The Bertz CT molecular complexity index is 436. The summed E-state index contributed by atoms with van der Waals surface area (Å²) in [5.41, 5.74) is 2.82. The van der Waals surface area contributed by atoms with Gasteiger partial charge >= 0.3 is 0 Å². The van der Waals surface area contributed by atoms with E-state index in [0.29, 0.717) is 18.2 Å². The average Bonchev–Trinajstić information content (AvgIpc) is 2.80. The van der Waals surface area contributed by atoms with Gasteiger partial charge < -0.3 is 10.1 Å². The number of benzene rings is 1. The van der Waals surface area contributed by atoms with E-state index in [1.165, 1.54) is 30.4 Å². The minimum Gasteiger partial charge on any atom is -0.372 e. The molecule has 3 atom stereocenters. The highest BCUT2D eigenvalue weighted by atomic mass is 16.5. The van der Waals surface area contributed by atoms with Gasteiger partial charge in [0, 0.05) is 25.7 Å². The second kappa shape index (κ2) is 6.25. The van der Waals surface area contributed by atoms with Crippen LogP contribution in [-0.4, -0.2) is 43.8 Å². The van der Waals surface area contributed by atoms with Crippen molar-refractivity contribution < 1.29 is 4.74 Å². The van der Waals surface area contributed by atoms with Crippen molar-refractivity contribution in [1.82, 2.24) is 10.2 Å². The Balaban J connectivity index is 1.57. The van der Waals surface area contributed by atoms with Crippen LogP contribution in [0.1, 0.15) is 36.4 Å². The first-order valence-corrected chi connectivity index (χ1v) is 7.87. The summed E-state index contributed by atoms with van der Waals surface area (Å²) in [6.45, 7) is 5.62. The van der Waals surface area contributed by atoms with Gasteiger partial charge in [-0.1, -0.05) is 24.3 Å². The molecule has 0 aromatic heterocycles. The molecule has 1 aromatic carbocycles. The minimum absolute atomic E-state index is 0.455. The van der Waals surface area contributed by atoms with E-state index in [9.17, 15) is 0 Å². The molecule has 0 radical (unpaired) electrons. The van der Waals surface area contributed by atoms with Crippen LogP contribution in [0, 0.1) is 6.92 Å². The number of aryl methyl sites for hydroxylation is 1. The number of hydrogen-bond donors (Lipinski definition) is 1. The normalized spacial score (nSPS) is 27.7. The molecule has 0 aliphatic carbocycles. The van der Waals surface area contributed by atoms with Crippen LogP contribution in [-0.2, 0) is 4.74 Å². The van der Waals surface area contributed by atoms with Gasteiger partial charge in [0.05, 0.1) is 12.2 Å². The first-order chi connectivity index (χ1) is 9.76. The molecule has 110 valence electrons. The van der Waals surface area contributed by atoms with E-state index in [4.69, 9.17) is 4.74 Å². The third-order valence-electron chi connectivity index (χ3n) is 4.77. The van der Waals surface area contributed by atoms with Gasteiger partial charge in [0.2, 0.25) is 0 Å². The van der Waals surface area contributed by atoms with Gasteiger partial charge in [0.15, 0.2) is 0 Å². The van der Waals surface area contributed by atoms with Crippen LogP contribution < -0.4 is 5.32 Å². The quantitative estimate of drug-likeness (QED) is 0.893. The molecule has 3 nitrogen and oxygen atoms in total. The molecule has 3 rings (SSSR count). The molecule has 3 heteroatoms. The Morgan fingerprint density at radius 2 is 1.95 bits per heavy atom. The summed E-state index contributed by atoms with van der Waals surface area (Å²) in [5, 5.41) is 3.48. The number of fused-ring (bicyclic) bond motifs is 2. The van der Waals surface area contributed by atoms with E-state index in [-0.39, 0.29) is 0 Å². The number of nitrogens with one attached hydrogen (secondary N) is 1. The van der Waals surface area contributed by atoms with Gasteiger partial charge in [-0.05, 0) is 44.4 Å². The Labute approximate surface area is 122 Å². The molecule has 2 saturated heterocycles. The average molecular weight is 274 g/mol. The molecule has 2 heterocycles. The Hall–Kier alpha value is -0.900. The van der Waals surface area contributed by atoms with Crippen LogP contribution in [0.5, 0.6) is 0 Å². The fourth-order valence-electron chi connectivity index (χ4n) is 3.63. The van der Waals surface area contributed by atoms with Crippen LogP contribution in [0.25, 0.3) is 0 Å². The molecular formula is C17H26N2O. The van der Waals surface area contributed by atoms with E-state index in [1.54, 1.807) is 0 Å². The lowest BCUT2D eigenvalue weighted by Gasteiger charge is -2.33. The summed E-state index contributed by atoms with van der Waals surface area (Å²) < 4.78 is 5.91. The minimum atomic E-state index is 0.455. The molecule has 0 saturated carbocycles. The molecule has 1 N–H and O–H groups in total. The van der Waals surface area contributed by atoms with Crippen molar-refractivity contribution in [1.29, 1.82) is 0 Å². The van der Waals surface area contributed by atoms with E-state index in [2.05, 4.69) is 48.5 Å². The van der Waals surface area contributed by atoms with Crippen LogP contribution in [0.4, 0.5) is 0 Å². The first-order valence-electron chi connectivity index (χ1n) is 7.87. The lowest BCUT2D eigenvalue weighted by atomic mass is 9.98. The van der Waals surface area contributed by atoms with Crippen LogP contribution in [0.3, 0.4) is 0 Å². The van der Waals surface area contributed by atoms with Crippen molar-refractivity contribution in [3.8, 4) is 0 Å². The number of morpholine rings is 1. The van der Waals surface area contributed by atoms with Crippen molar-refractivity contribution >= 4 is 0 Å². The molecule has 2 aliphatic rings. The number of rotatable bonds is 5. The van der Waals surface area contributed by atoms with Gasteiger partial charge in [-0.15, -0.1) is 0 Å². The maximum Gasteiger partial charge on any atom is 0.0707 e. The summed E-state index contributed by atoms with van der Waals surface area (Å²) in [6.07, 6.45) is 4.68. The molecule has 3 unspecified atom stereocenters. The molecule has 1 aromatic rings. The summed E-state index contributed by atoms with van der Waals surface area (Å²) >= 11 is 0. The van der Waals surface area contributed by atoms with E-state index in [0.717, 1.165) is 19.6 Å². The standard InChI is InChI=1S/C17H26N2O/c1-13-5-3-4-6-16(13)17(18-2)9-10-19-11-14-7-8-15(12-19)20-14/h3-6,14-15,17-18H,7-12H2,1-2H3. The molecular weight excluding hydrogens is 248 g/mol. The van der Waals surface area contributed by atoms with Crippen LogP contribution in [0.15, 0.2) is 24.3 Å². The van der Waals surface area contributed by atoms with Gasteiger partial charge in [0.25, 0.3) is 0 Å². The molecule has 0 spiro atoms. The summed E-state index contributed by atoms with van der Waals surface area (Å²) in [6, 6.07) is 9.16. The highest BCUT2D eigenvalue weighted by Crippen LogP contribution is 2.27. The number of likely N-dealkylation sites (tertiary alicyclic amines) is 1. The van der Waals surface area contributed by atoms with Gasteiger partial charge in [-0.25, -0.2) is 0 Å². The summed E-state index contributed by atoms with van der Waals surface area (Å²) in [5.74, 6) is 0. The van der Waals surface area contributed by atoms with Gasteiger partial charge in [-0.2, -0.15) is 0 Å². The lowest BCUT2D eigenvalue weighted by molar-refractivity contribution is -0.0390. The zero-order valence-corrected chi connectivity index (χ0v) is 12.6. The fourth-order valence-corrected chi connectivity index (χ4v) is 3.63. The predicted octanol–water partition coefficient (Wildman–Crippen LogP) is 2.51.